The zero-order valence-electron chi connectivity index (χ0n) is 66.6. The van der Waals surface area contributed by atoms with Crippen LogP contribution in [0.2, 0.25) is 0 Å². The van der Waals surface area contributed by atoms with Gasteiger partial charge in [-0.2, -0.15) is 0 Å². The number of hydrogen-bond acceptors (Lipinski definition) is 14. The summed E-state index contributed by atoms with van der Waals surface area (Å²) in [5.41, 5.74) is 4.19. The van der Waals surface area contributed by atoms with Gasteiger partial charge in [0.2, 0.25) is 11.8 Å². The van der Waals surface area contributed by atoms with Gasteiger partial charge in [-0.1, -0.05) is 158 Å². The molecule has 112 heavy (non-hydrogen) atoms. The number of hydrogen-bond donors (Lipinski definition) is 0. The molecule has 4 aliphatic heterocycles. The van der Waals surface area contributed by atoms with Crippen molar-refractivity contribution < 1.29 is 66.7 Å². The highest BCUT2D eigenvalue weighted by molar-refractivity contribution is 6.45. The number of amides is 6. The van der Waals surface area contributed by atoms with E-state index in [0.717, 1.165) is 32.1 Å². The van der Waals surface area contributed by atoms with Crippen molar-refractivity contribution in [2.75, 3.05) is 50.3 Å². The van der Waals surface area contributed by atoms with Gasteiger partial charge in [-0.15, -0.1) is 0 Å². The number of anilines is 2. The average molecular weight is 1510 g/mol. The molecule has 4 atom stereocenters. The van der Waals surface area contributed by atoms with Crippen molar-refractivity contribution in [1.29, 1.82) is 0 Å². The lowest BCUT2D eigenvalue weighted by atomic mass is 9.80. The molecule has 11 aromatic rings. The number of rotatable bonds is 24. The third-order valence-corrected chi connectivity index (χ3v) is 21.9. The Morgan fingerprint density at radius 3 is 0.812 bits per heavy atom. The smallest absolute Gasteiger partial charge is 0.262 e. The summed E-state index contributed by atoms with van der Waals surface area (Å²) in [6.45, 7) is 31.3. The lowest BCUT2D eigenvalue weighted by Crippen LogP contribution is -2.54. The van der Waals surface area contributed by atoms with Gasteiger partial charge in [-0.05, 0) is 178 Å². The number of nitrogens with zero attached hydrogens (tertiary/aromatic N) is 4. The van der Waals surface area contributed by atoms with Gasteiger partial charge in [0.15, 0.2) is 0 Å². The van der Waals surface area contributed by atoms with E-state index in [-0.39, 0.29) is 103 Å². The summed E-state index contributed by atoms with van der Waals surface area (Å²) >= 11 is 0. The molecular formula is C94H96N4O14. The third kappa shape index (κ3) is 14.5. The Morgan fingerprint density at radius 1 is 0.366 bits per heavy atom. The Labute approximate surface area is 653 Å². The van der Waals surface area contributed by atoms with Crippen molar-refractivity contribution in [1.82, 2.24) is 9.80 Å². The Morgan fingerprint density at radius 2 is 0.598 bits per heavy atom. The standard InChI is InChI=1S/C94H96N4O14/c1-17-19-71(89(103)95(15)57-29-41-59(42-30-57)105-49-65-51-107-65)97-85(99)67-45-73(109-61-33-21-53(22-34-61)91(3,4)5)79-81-75(111-63-37-25-55(26-38-63)93(9,10)11)47-69-78-70(88(102)98(87(69)101)72(20-18-2)90(104)96(16)58-31-43-60(44-32-58)106-50-66-52-108-66)48-76(112-64-39-27-56(28-40-64)94(12,13)14)82(84(78)81)80-74(46-68(86(97)100)77(67)83(79)80)110-62-35-23-54(24-36-62)92(6,7)8/h21-48,65-66,71-72H,17-20,49-52H2,1-16H3. The molecule has 4 heterocycles. The van der Waals surface area contributed by atoms with Crippen LogP contribution in [0, 0.1) is 0 Å². The van der Waals surface area contributed by atoms with Crippen molar-refractivity contribution in [3.8, 4) is 57.5 Å². The van der Waals surface area contributed by atoms with Gasteiger partial charge in [0, 0.05) is 68.6 Å². The van der Waals surface area contributed by atoms with E-state index in [2.05, 4.69) is 83.1 Å². The second kappa shape index (κ2) is 29.1. The monoisotopic (exact) mass is 1500 g/mol. The Balaban J connectivity index is 1.04. The van der Waals surface area contributed by atoms with Crippen LogP contribution in [0.1, 0.15) is 186 Å². The summed E-state index contributed by atoms with van der Waals surface area (Å²) in [5, 5.41) is 2.30. The Bertz CT molecular complexity index is 4930. The van der Waals surface area contributed by atoms with Gasteiger partial charge in [-0.3, -0.25) is 38.6 Å². The molecule has 0 bridgehead atoms. The number of epoxide rings is 2. The molecule has 4 unspecified atom stereocenters. The SMILES string of the molecule is CCCC(C(=O)N(C)c1ccc(OCC2CO2)cc1)N1C(=O)c2cc(Oc3ccc(C(C)(C)C)cc3)c3c4c(Oc5ccc(C(C)(C)C)cc5)cc5c6c(cc(Oc7ccc(C(C)(C)C)cc7)c(c7c(Oc8ccc(C(C)(C)C)cc8)cc(c2c37)C1=O)c64)C(=O)N(C(CCC)C(=O)N(C)c1ccc(OCC2CO2)cc1)C5=O. The summed E-state index contributed by atoms with van der Waals surface area (Å²) in [5.74, 6) is -0.928. The number of likely N-dealkylation sites (N-methyl/N-ethyl adjacent to an activating group) is 2. The zero-order chi connectivity index (χ0) is 79.4. The van der Waals surface area contributed by atoms with Crippen LogP contribution in [0.5, 0.6) is 57.5 Å². The normalized spacial score (nSPS) is 16.1. The minimum atomic E-state index is -1.33. The molecule has 0 radical (unpaired) electrons. The predicted octanol–water partition coefficient (Wildman–Crippen LogP) is 20.5. The second-order valence-electron chi connectivity index (χ2n) is 34.1. The van der Waals surface area contributed by atoms with E-state index in [1.54, 1.807) is 86.9 Å². The van der Waals surface area contributed by atoms with Crippen LogP contribution < -0.4 is 38.2 Å². The molecule has 0 spiro atoms. The van der Waals surface area contributed by atoms with E-state index in [9.17, 15) is 0 Å². The van der Waals surface area contributed by atoms with Crippen LogP contribution >= 0.6 is 0 Å². The molecule has 11 aromatic carbocycles. The summed E-state index contributed by atoms with van der Waals surface area (Å²) in [6.07, 6.45) is 1.06. The van der Waals surface area contributed by atoms with Crippen LogP contribution in [0.25, 0.3) is 43.1 Å². The maximum Gasteiger partial charge on any atom is 0.262 e. The minimum absolute atomic E-state index is 0.0296. The van der Waals surface area contributed by atoms with Crippen LogP contribution in [0.4, 0.5) is 11.4 Å². The summed E-state index contributed by atoms with van der Waals surface area (Å²) in [7, 11) is 3.25. The van der Waals surface area contributed by atoms with Crippen molar-refractivity contribution in [2.45, 2.75) is 169 Å². The van der Waals surface area contributed by atoms with E-state index in [1.807, 2.05) is 111 Å². The first-order valence-corrected chi connectivity index (χ1v) is 38.8. The molecule has 4 aliphatic rings. The summed E-state index contributed by atoms with van der Waals surface area (Å²) < 4.78 is 52.3. The number of carbonyl (C=O) groups excluding carboxylic acids is 6. The number of carbonyl (C=O) groups is 6. The van der Waals surface area contributed by atoms with Crippen molar-refractivity contribution in [2.24, 2.45) is 0 Å². The largest absolute Gasteiger partial charge is 0.491 e. The van der Waals surface area contributed by atoms with E-state index in [1.165, 1.54) is 9.80 Å². The maximum atomic E-state index is 16.6. The molecule has 2 fully saturated rings. The van der Waals surface area contributed by atoms with Crippen molar-refractivity contribution in [3.63, 3.8) is 0 Å². The fourth-order valence-electron chi connectivity index (χ4n) is 15.2. The number of benzene rings is 11. The summed E-state index contributed by atoms with van der Waals surface area (Å²) in [4.78, 5) is 103. The summed E-state index contributed by atoms with van der Waals surface area (Å²) in [6, 6.07) is 48.8. The molecule has 15 rings (SSSR count). The van der Waals surface area contributed by atoms with E-state index in [4.69, 9.17) is 37.9 Å². The van der Waals surface area contributed by atoms with Gasteiger partial charge < -0.3 is 47.7 Å². The molecular weight excluding hydrogens is 1410 g/mol. The lowest BCUT2D eigenvalue weighted by molar-refractivity contribution is -0.123. The van der Waals surface area contributed by atoms with Crippen LogP contribution in [-0.4, -0.2) is 110 Å². The lowest BCUT2D eigenvalue weighted by Gasteiger charge is -2.37. The van der Waals surface area contributed by atoms with Crippen LogP contribution in [-0.2, 0) is 40.7 Å². The highest BCUT2D eigenvalue weighted by atomic mass is 16.6. The van der Waals surface area contributed by atoms with Gasteiger partial charge in [0.1, 0.15) is 95.0 Å². The maximum absolute atomic E-state index is 16.6. The zero-order valence-corrected chi connectivity index (χ0v) is 66.6. The first-order valence-electron chi connectivity index (χ1n) is 38.8. The highest BCUT2D eigenvalue weighted by Gasteiger charge is 2.47. The minimum Gasteiger partial charge on any atom is -0.491 e. The van der Waals surface area contributed by atoms with E-state index in [0.29, 0.717) is 117 Å². The molecule has 0 aliphatic carbocycles. The fourth-order valence-corrected chi connectivity index (χ4v) is 15.2. The van der Waals surface area contributed by atoms with Gasteiger partial charge in [0.25, 0.3) is 23.6 Å². The Hall–Kier alpha value is -11.3. The molecule has 0 aromatic heterocycles. The van der Waals surface area contributed by atoms with Crippen LogP contribution in [0.3, 0.4) is 0 Å². The number of imide groups is 2. The first kappa shape index (κ1) is 76.0. The molecule has 576 valence electrons. The molecule has 18 nitrogen and oxygen atoms in total. The topological polar surface area (TPSA) is 196 Å². The Kier molecular flexibility index (Phi) is 19.7. The van der Waals surface area contributed by atoms with Gasteiger partial charge in [-0.25, -0.2) is 0 Å². The molecule has 18 heteroatoms. The predicted molar refractivity (Wildman–Crippen MR) is 437 cm³/mol. The quantitative estimate of drug-likeness (QED) is 0.0240. The van der Waals surface area contributed by atoms with Gasteiger partial charge in [0.05, 0.1) is 35.5 Å². The second-order valence-corrected chi connectivity index (χ2v) is 34.1. The van der Waals surface area contributed by atoms with Crippen LogP contribution in [0.15, 0.2) is 170 Å². The molecule has 6 amide bonds. The molecule has 0 N–H and O–H groups in total. The molecule has 0 saturated carbocycles. The van der Waals surface area contributed by atoms with Gasteiger partial charge >= 0.3 is 0 Å². The highest BCUT2D eigenvalue weighted by Crippen LogP contribution is 2.59. The fraction of sp³-hybridized carbons (Fsp3) is 0.340. The van der Waals surface area contributed by atoms with E-state index >= 15 is 28.8 Å². The number of fused-ring (bicyclic) bond motifs is 2. The van der Waals surface area contributed by atoms with E-state index < -0.39 is 47.5 Å². The van der Waals surface area contributed by atoms with Crippen molar-refractivity contribution >= 4 is 89.9 Å². The molecule has 2 saturated heterocycles. The number of ether oxygens (including phenoxy) is 8. The van der Waals surface area contributed by atoms with Crippen molar-refractivity contribution in [3.05, 3.63) is 214 Å². The first-order chi connectivity index (χ1) is 53.3. The third-order valence-electron chi connectivity index (χ3n) is 21.9. The average Bonchev–Trinajstić information content (AvgIpc) is 0.760.